The van der Waals surface area contributed by atoms with E-state index in [1.165, 1.54) is 12.8 Å². The van der Waals surface area contributed by atoms with E-state index in [2.05, 4.69) is 4.99 Å². The topological polar surface area (TPSA) is 47.9 Å². The van der Waals surface area contributed by atoms with Crippen LogP contribution in [0, 0.1) is 0 Å². The first-order valence-electron chi connectivity index (χ1n) is 8.32. The summed E-state index contributed by atoms with van der Waals surface area (Å²) in [5.74, 6) is 1.33. The van der Waals surface area contributed by atoms with Crippen molar-refractivity contribution in [3.05, 3.63) is 22.7 Å². The van der Waals surface area contributed by atoms with Crippen molar-refractivity contribution in [1.82, 2.24) is 0 Å². The Bertz CT molecular complexity index is 613. The molecule has 0 bridgehead atoms. The monoisotopic (exact) mass is 335 g/mol. The standard InChI is InChI=1S/C18H22ClNO3/c1-22-16-10-14(18(20-12-21)8-4-5-9-18)15(19)11-17(16)23-13-6-2-3-7-13/h10-11,13H,2-9H2,1H3. The summed E-state index contributed by atoms with van der Waals surface area (Å²) in [4.78, 5) is 15.0. The van der Waals surface area contributed by atoms with Gasteiger partial charge in [0.05, 0.1) is 23.8 Å². The highest BCUT2D eigenvalue weighted by Crippen LogP contribution is 2.48. The van der Waals surface area contributed by atoms with Crippen molar-refractivity contribution in [1.29, 1.82) is 0 Å². The summed E-state index contributed by atoms with van der Waals surface area (Å²) < 4.78 is 11.6. The van der Waals surface area contributed by atoms with Gasteiger partial charge in [0.2, 0.25) is 6.08 Å². The van der Waals surface area contributed by atoms with Crippen LogP contribution in [0.1, 0.15) is 56.9 Å². The zero-order chi connectivity index (χ0) is 16.3. The predicted molar refractivity (Wildman–Crippen MR) is 89.2 cm³/mol. The Labute approximate surface area is 141 Å². The van der Waals surface area contributed by atoms with Crippen LogP contribution >= 0.6 is 11.6 Å². The van der Waals surface area contributed by atoms with Crippen molar-refractivity contribution in [3.63, 3.8) is 0 Å². The Hall–Kier alpha value is -1.51. The molecule has 1 aromatic carbocycles. The zero-order valence-electron chi connectivity index (χ0n) is 13.4. The molecule has 2 fully saturated rings. The van der Waals surface area contributed by atoms with E-state index in [0.717, 1.165) is 44.1 Å². The summed E-state index contributed by atoms with van der Waals surface area (Å²) >= 11 is 6.52. The van der Waals surface area contributed by atoms with Gasteiger partial charge in [0.15, 0.2) is 11.5 Å². The Kier molecular flexibility index (Phi) is 4.93. The molecule has 4 nitrogen and oxygen atoms in total. The number of carbonyl (C=O) groups excluding carboxylic acids is 1. The second-order valence-electron chi connectivity index (χ2n) is 6.45. The van der Waals surface area contributed by atoms with Gasteiger partial charge in [0.1, 0.15) is 0 Å². The van der Waals surface area contributed by atoms with E-state index in [4.69, 9.17) is 21.1 Å². The first kappa shape index (κ1) is 16.4. The third kappa shape index (κ3) is 3.24. The molecule has 0 saturated heterocycles. The van der Waals surface area contributed by atoms with Crippen molar-refractivity contribution < 1.29 is 14.3 Å². The second-order valence-corrected chi connectivity index (χ2v) is 6.86. The molecule has 2 saturated carbocycles. The van der Waals surface area contributed by atoms with Gasteiger partial charge < -0.3 is 9.47 Å². The molecule has 23 heavy (non-hydrogen) atoms. The molecule has 0 aromatic heterocycles. The van der Waals surface area contributed by atoms with Crippen LogP contribution in [-0.4, -0.2) is 19.3 Å². The highest BCUT2D eigenvalue weighted by molar-refractivity contribution is 6.31. The van der Waals surface area contributed by atoms with Crippen molar-refractivity contribution in [2.45, 2.75) is 63.0 Å². The van der Waals surface area contributed by atoms with Gasteiger partial charge in [-0.15, -0.1) is 0 Å². The SMILES string of the molecule is COc1cc(C2(N=C=O)CCCC2)c(Cl)cc1OC1CCCC1. The van der Waals surface area contributed by atoms with E-state index in [1.807, 2.05) is 12.1 Å². The number of rotatable bonds is 5. The lowest BCUT2D eigenvalue weighted by molar-refractivity contribution is 0.200. The first-order valence-corrected chi connectivity index (χ1v) is 8.70. The number of hydrogen-bond donors (Lipinski definition) is 0. The molecule has 0 N–H and O–H groups in total. The normalized spacial score (nSPS) is 20.3. The number of hydrogen-bond acceptors (Lipinski definition) is 4. The van der Waals surface area contributed by atoms with Crippen LogP contribution in [0.25, 0.3) is 0 Å². The van der Waals surface area contributed by atoms with Gasteiger partial charge in [-0.05, 0) is 44.6 Å². The number of methoxy groups -OCH3 is 1. The largest absolute Gasteiger partial charge is 0.493 e. The molecule has 0 spiro atoms. The fourth-order valence-electron chi connectivity index (χ4n) is 3.82. The summed E-state index contributed by atoms with van der Waals surface area (Å²) in [6, 6.07) is 3.70. The predicted octanol–water partition coefficient (Wildman–Crippen LogP) is 4.78. The van der Waals surface area contributed by atoms with Crippen LogP contribution < -0.4 is 9.47 Å². The molecule has 0 heterocycles. The zero-order valence-corrected chi connectivity index (χ0v) is 14.2. The maximum atomic E-state index is 10.9. The van der Waals surface area contributed by atoms with Crippen LogP contribution in [0.5, 0.6) is 11.5 Å². The van der Waals surface area contributed by atoms with Crippen LogP contribution in [0.4, 0.5) is 0 Å². The van der Waals surface area contributed by atoms with Crippen molar-refractivity contribution in [2.24, 2.45) is 4.99 Å². The summed E-state index contributed by atoms with van der Waals surface area (Å²) in [7, 11) is 1.62. The minimum Gasteiger partial charge on any atom is -0.493 e. The fraction of sp³-hybridized carbons (Fsp3) is 0.611. The molecule has 0 amide bonds. The van der Waals surface area contributed by atoms with Gasteiger partial charge >= 0.3 is 0 Å². The third-order valence-corrected chi connectivity index (χ3v) is 5.35. The van der Waals surface area contributed by atoms with Crippen molar-refractivity contribution >= 4 is 17.7 Å². The fourth-order valence-corrected chi connectivity index (χ4v) is 4.15. The highest BCUT2D eigenvalue weighted by Gasteiger charge is 2.38. The van der Waals surface area contributed by atoms with Gasteiger partial charge in [-0.3, -0.25) is 0 Å². The van der Waals surface area contributed by atoms with Crippen LogP contribution in [0.2, 0.25) is 5.02 Å². The lowest BCUT2D eigenvalue weighted by Gasteiger charge is -2.26. The van der Waals surface area contributed by atoms with E-state index >= 15 is 0 Å². The van der Waals surface area contributed by atoms with E-state index in [9.17, 15) is 4.79 Å². The van der Waals surface area contributed by atoms with Crippen LogP contribution in [0.3, 0.4) is 0 Å². The number of nitrogens with zero attached hydrogens (tertiary/aromatic N) is 1. The molecule has 0 radical (unpaired) electrons. The molecule has 0 atom stereocenters. The Morgan fingerprint density at radius 2 is 1.87 bits per heavy atom. The Balaban J connectivity index is 1.97. The van der Waals surface area contributed by atoms with Crippen molar-refractivity contribution in [2.75, 3.05) is 7.11 Å². The van der Waals surface area contributed by atoms with E-state index < -0.39 is 5.54 Å². The van der Waals surface area contributed by atoms with Gasteiger partial charge in [-0.1, -0.05) is 24.4 Å². The molecule has 5 heteroatoms. The molecule has 0 unspecified atom stereocenters. The quantitative estimate of drug-likeness (QED) is 0.575. The van der Waals surface area contributed by atoms with Crippen LogP contribution in [-0.2, 0) is 10.3 Å². The van der Waals surface area contributed by atoms with Crippen molar-refractivity contribution in [3.8, 4) is 11.5 Å². The van der Waals surface area contributed by atoms with Gasteiger partial charge in [0.25, 0.3) is 0 Å². The van der Waals surface area contributed by atoms with Crippen LogP contribution in [0.15, 0.2) is 17.1 Å². The maximum absolute atomic E-state index is 10.9. The number of isocyanates is 1. The Morgan fingerprint density at radius 1 is 1.17 bits per heavy atom. The molecular weight excluding hydrogens is 314 g/mol. The van der Waals surface area contributed by atoms with Gasteiger partial charge in [-0.2, -0.15) is 4.99 Å². The number of halogens is 1. The Morgan fingerprint density at radius 3 is 2.48 bits per heavy atom. The molecule has 0 aliphatic heterocycles. The minimum atomic E-state index is -0.558. The first-order chi connectivity index (χ1) is 11.2. The molecule has 2 aliphatic rings. The van der Waals surface area contributed by atoms with E-state index in [0.29, 0.717) is 16.5 Å². The lowest BCUT2D eigenvalue weighted by Crippen LogP contribution is -2.20. The third-order valence-electron chi connectivity index (χ3n) is 5.04. The second kappa shape index (κ2) is 6.94. The van der Waals surface area contributed by atoms with E-state index in [-0.39, 0.29) is 6.10 Å². The maximum Gasteiger partial charge on any atom is 0.235 e. The molecule has 1 aromatic rings. The number of benzene rings is 1. The summed E-state index contributed by atoms with van der Waals surface area (Å²) in [6.45, 7) is 0. The lowest BCUT2D eigenvalue weighted by atomic mass is 9.88. The molecule has 2 aliphatic carbocycles. The smallest absolute Gasteiger partial charge is 0.235 e. The number of aliphatic imine (C=N–C) groups is 1. The summed E-state index contributed by atoms with van der Waals surface area (Å²) in [5, 5.41) is 0.583. The molecule has 124 valence electrons. The minimum absolute atomic E-state index is 0.235. The molecule has 3 rings (SSSR count). The summed E-state index contributed by atoms with van der Waals surface area (Å²) in [5.41, 5.74) is 0.286. The summed E-state index contributed by atoms with van der Waals surface area (Å²) in [6.07, 6.45) is 10.2. The number of ether oxygens (including phenoxy) is 2. The van der Waals surface area contributed by atoms with Gasteiger partial charge in [-0.25, -0.2) is 4.79 Å². The molecular formula is C18H22ClNO3. The average Bonchev–Trinajstić information content (AvgIpc) is 3.20. The van der Waals surface area contributed by atoms with Gasteiger partial charge in [0, 0.05) is 11.6 Å². The van der Waals surface area contributed by atoms with E-state index in [1.54, 1.807) is 13.2 Å². The highest BCUT2D eigenvalue weighted by atomic mass is 35.5. The average molecular weight is 336 g/mol.